The first kappa shape index (κ1) is 13.9. The number of rotatable bonds is 3. The van der Waals surface area contributed by atoms with E-state index in [9.17, 15) is 0 Å². The molecule has 1 saturated heterocycles. The third-order valence-corrected chi connectivity index (χ3v) is 4.87. The van der Waals surface area contributed by atoms with E-state index in [4.69, 9.17) is 10.6 Å². The van der Waals surface area contributed by atoms with E-state index in [1.165, 1.54) is 32.1 Å². The van der Waals surface area contributed by atoms with Crippen LogP contribution in [0.15, 0.2) is 18.6 Å². The van der Waals surface area contributed by atoms with Crippen LogP contribution in [0, 0.1) is 5.92 Å². The summed E-state index contributed by atoms with van der Waals surface area (Å²) in [6.45, 7) is 0.841. The van der Waals surface area contributed by atoms with Gasteiger partial charge >= 0.3 is 0 Å². The molecule has 5 nitrogen and oxygen atoms in total. The molecule has 0 amide bonds. The Morgan fingerprint density at radius 2 is 2.20 bits per heavy atom. The van der Waals surface area contributed by atoms with Crippen molar-refractivity contribution in [2.45, 2.75) is 56.6 Å². The van der Waals surface area contributed by atoms with Gasteiger partial charge in [-0.05, 0) is 37.7 Å². The van der Waals surface area contributed by atoms with Gasteiger partial charge in [0.25, 0.3) is 0 Å². The Labute approximate surface area is 120 Å². The van der Waals surface area contributed by atoms with Crippen molar-refractivity contribution < 1.29 is 4.74 Å². The highest BCUT2D eigenvalue weighted by atomic mass is 16.5. The van der Waals surface area contributed by atoms with E-state index in [0.29, 0.717) is 5.92 Å². The number of ether oxygens (including phenoxy) is 1. The maximum atomic E-state index is 6.17. The van der Waals surface area contributed by atoms with Gasteiger partial charge in [0.05, 0.1) is 17.3 Å². The number of nitrogens with one attached hydrogen (secondary N) is 1. The minimum Gasteiger partial charge on any atom is -0.375 e. The molecule has 1 aliphatic heterocycles. The van der Waals surface area contributed by atoms with E-state index in [-0.39, 0.29) is 11.6 Å². The Morgan fingerprint density at radius 3 is 2.90 bits per heavy atom. The van der Waals surface area contributed by atoms with Gasteiger partial charge in [0.1, 0.15) is 6.33 Å². The molecule has 110 valence electrons. The second-order valence-electron chi connectivity index (χ2n) is 6.12. The highest BCUT2D eigenvalue weighted by Gasteiger charge is 2.41. The number of hydrogen-bond donors (Lipinski definition) is 2. The van der Waals surface area contributed by atoms with Gasteiger partial charge < -0.3 is 4.74 Å². The fraction of sp³-hybridized carbons (Fsp3) is 0.733. The predicted molar refractivity (Wildman–Crippen MR) is 76.6 cm³/mol. The molecule has 2 aliphatic rings. The molecular weight excluding hydrogens is 252 g/mol. The Balaban J connectivity index is 1.75. The molecule has 5 heteroatoms. The summed E-state index contributed by atoms with van der Waals surface area (Å²) >= 11 is 0. The molecule has 3 N–H and O–H groups in total. The summed E-state index contributed by atoms with van der Waals surface area (Å²) in [5.74, 6) is 6.29. The highest BCUT2D eigenvalue weighted by Crippen LogP contribution is 2.43. The molecular formula is C15H24N4O. The minimum atomic E-state index is 0.0979. The van der Waals surface area contributed by atoms with E-state index < -0.39 is 0 Å². The third-order valence-electron chi connectivity index (χ3n) is 4.87. The molecule has 3 rings (SSSR count). The summed E-state index contributed by atoms with van der Waals surface area (Å²) in [4.78, 5) is 8.35. The average molecular weight is 276 g/mol. The zero-order chi connectivity index (χ0) is 13.8. The van der Waals surface area contributed by atoms with Crippen LogP contribution in [-0.2, 0) is 4.74 Å². The normalized spacial score (nSPS) is 27.4. The first-order chi connectivity index (χ1) is 9.83. The summed E-state index contributed by atoms with van der Waals surface area (Å²) in [5, 5.41) is 0. The molecule has 2 heterocycles. The SMILES string of the molecule is NNC(c1ccncn1)C1CCOC2(CCCCC2)C1. The van der Waals surface area contributed by atoms with Crippen molar-refractivity contribution in [3.05, 3.63) is 24.3 Å². The largest absolute Gasteiger partial charge is 0.375 e. The summed E-state index contributed by atoms with van der Waals surface area (Å²) in [5.41, 5.74) is 4.05. The lowest BCUT2D eigenvalue weighted by molar-refractivity contribution is -0.122. The minimum absolute atomic E-state index is 0.0979. The lowest BCUT2D eigenvalue weighted by Gasteiger charge is -2.45. The molecule has 1 aliphatic carbocycles. The number of nitrogens with two attached hydrogens (primary N) is 1. The summed E-state index contributed by atoms with van der Waals surface area (Å²) < 4.78 is 6.17. The Hall–Kier alpha value is -1.04. The van der Waals surface area contributed by atoms with Crippen LogP contribution < -0.4 is 11.3 Å². The fourth-order valence-electron chi connectivity index (χ4n) is 3.84. The highest BCUT2D eigenvalue weighted by molar-refractivity contribution is 5.08. The number of hydrazine groups is 1. The van der Waals surface area contributed by atoms with Gasteiger partial charge in [-0.1, -0.05) is 19.3 Å². The smallest absolute Gasteiger partial charge is 0.115 e. The van der Waals surface area contributed by atoms with Crippen molar-refractivity contribution >= 4 is 0 Å². The quantitative estimate of drug-likeness (QED) is 0.653. The Bertz CT molecular complexity index is 414. The molecule has 1 aromatic heterocycles. The number of aromatic nitrogens is 2. The van der Waals surface area contributed by atoms with Crippen LogP contribution in [0.4, 0.5) is 0 Å². The zero-order valence-electron chi connectivity index (χ0n) is 11.9. The van der Waals surface area contributed by atoms with Gasteiger partial charge in [-0.2, -0.15) is 0 Å². The average Bonchev–Trinajstić information content (AvgIpc) is 2.50. The Morgan fingerprint density at radius 1 is 1.35 bits per heavy atom. The maximum Gasteiger partial charge on any atom is 0.115 e. The van der Waals surface area contributed by atoms with Gasteiger partial charge in [0.15, 0.2) is 0 Å². The zero-order valence-corrected chi connectivity index (χ0v) is 11.9. The van der Waals surface area contributed by atoms with E-state index in [1.807, 2.05) is 6.07 Å². The fourth-order valence-corrected chi connectivity index (χ4v) is 3.84. The molecule has 2 unspecified atom stereocenters. The second kappa shape index (κ2) is 6.16. The maximum absolute atomic E-state index is 6.17. The second-order valence-corrected chi connectivity index (χ2v) is 6.12. The van der Waals surface area contributed by atoms with Crippen LogP contribution in [0.5, 0.6) is 0 Å². The molecule has 2 fully saturated rings. The molecule has 2 atom stereocenters. The number of hydrogen-bond acceptors (Lipinski definition) is 5. The van der Waals surface area contributed by atoms with E-state index in [0.717, 1.165) is 25.1 Å². The monoisotopic (exact) mass is 276 g/mol. The third kappa shape index (κ3) is 2.85. The van der Waals surface area contributed by atoms with Crippen molar-refractivity contribution in [3.63, 3.8) is 0 Å². The van der Waals surface area contributed by atoms with E-state index in [1.54, 1.807) is 12.5 Å². The molecule has 20 heavy (non-hydrogen) atoms. The van der Waals surface area contributed by atoms with Crippen LogP contribution in [0.25, 0.3) is 0 Å². The molecule has 0 radical (unpaired) electrons. The van der Waals surface area contributed by atoms with Crippen molar-refractivity contribution in [2.75, 3.05) is 6.61 Å². The number of nitrogens with zero attached hydrogens (tertiary/aromatic N) is 2. The molecule has 0 aromatic carbocycles. The van der Waals surface area contributed by atoms with Gasteiger partial charge in [-0.15, -0.1) is 0 Å². The predicted octanol–water partition coefficient (Wildman–Crippen LogP) is 2.11. The van der Waals surface area contributed by atoms with Gasteiger partial charge in [0.2, 0.25) is 0 Å². The summed E-state index contributed by atoms with van der Waals surface area (Å²) in [6, 6.07) is 2.05. The molecule has 1 saturated carbocycles. The van der Waals surface area contributed by atoms with Crippen molar-refractivity contribution in [2.24, 2.45) is 11.8 Å². The van der Waals surface area contributed by atoms with Crippen LogP contribution >= 0.6 is 0 Å². The first-order valence-electron chi connectivity index (χ1n) is 7.69. The molecule has 1 spiro atoms. The van der Waals surface area contributed by atoms with Crippen molar-refractivity contribution in [3.8, 4) is 0 Å². The topological polar surface area (TPSA) is 73.1 Å². The van der Waals surface area contributed by atoms with Crippen molar-refractivity contribution in [1.82, 2.24) is 15.4 Å². The Kier molecular flexibility index (Phi) is 4.29. The first-order valence-corrected chi connectivity index (χ1v) is 7.69. The van der Waals surface area contributed by atoms with Crippen LogP contribution in [0.3, 0.4) is 0 Å². The lowest BCUT2D eigenvalue weighted by atomic mass is 9.73. The van der Waals surface area contributed by atoms with Crippen molar-refractivity contribution in [1.29, 1.82) is 0 Å². The van der Waals surface area contributed by atoms with Gasteiger partial charge in [-0.3, -0.25) is 11.3 Å². The lowest BCUT2D eigenvalue weighted by Crippen LogP contribution is -2.46. The van der Waals surface area contributed by atoms with E-state index in [2.05, 4.69) is 15.4 Å². The molecule has 1 aromatic rings. The van der Waals surface area contributed by atoms with Crippen LogP contribution in [0.2, 0.25) is 0 Å². The van der Waals surface area contributed by atoms with Gasteiger partial charge in [-0.25, -0.2) is 9.97 Å². The van der Waals surface area contributed by atoms with Crippen LogP contribution in [0.1, 0.15) is 56.7 Å². The van der Waals surface area contributed by atoms with Gasteiger partial charge in [0, 0.05) is 12.8 Å². The summed E-state index contributed by atoms with van der Waals surface area (Å²) in [7, 11) is 0. The molecule has 0 bridgehead atoms. The summed E-state index contributed by atoms with van der Waals surface area (Å²) in [6.07, 6.45) is 11.8. The standard InChI is InChI=1S/C15H24N4O/c16-19-14(13-4-8-17-11-18-13)12-5-9-20-15(10-12)6-2-1-3-7-15/h4,8,11-12,14,19H,1-3,5-7,9-10,16H2. The van der Waals surface area contributed by atoms with Crippen LogP contribution in [-0.4, -0.2) is 22.2 Å². The van der Waals surface area contributed by atoms with E-state index >= 15 is 0 Å².